The first-order chi connectivity index (χ1) is 13.7. The van der Waals surface area contributed by atoms with Crippen LogP contribution in [0.3, 0.4) is 0 Å². The SMILES string of the molecule is O=C(NCC1(c2ccc(F)cc2)CCCC1)c1cccnc1N1CCOCC1. The third kappa shape index (κ3) is 3.87. The summed E-state index contributed by atoms with van der Waals surface area (Å²) in [6, 6.07) is 10.4. The maximum Gasteiger partial charge on any atom is 0.255 e. The highest BCUT2D eigenvalue weighted by molar-refractivity contribution is 5.99. The lowest BCUT2D eigenvalue weighted by atomic mass is 9.78. The number of carbonyl (C=O) groups excluding carboxylic acids is 1. The van der Waals surface area contributed by atoms with E-state index in [-0.39, 0.29) is 17.1 Å². The van der Waals surface area contributed by atoms with Crippen LogP contribution in [0.2, 0.25) is 0 Å². The summed E-state index contributed by atoms with van der Waals surface area (Å²) in [4.78, 5) is 19.6. The summed E-state index contributed by atoms with van der Waals surface area (Å²) < 4.78 is 18.8. The molecule has 148 valence electrons. The molecule has 1 N–H and O–H groups in total. The summed E-state index contributed by atoms with van der Waals surface area (Å²) in [5.41, 5.74) is 1.58. The zero-order valence-corrected chi connectivity index (χ0v) is 16.0. The van der Waals surface area contributed by atoms with Gasteiger partial charge in [-0.3, -0.25) is 4.79 Å². The lowest BCUT2D eigenvalue weighted by Crippen LogP contribution is -2.41. The second-order valence-corrected chi connectivity index (χ2v) is 7.65. The number of rotatable bonds is 5. The minimum Gasteiger partial charge on any atom is -0.378 e. The zero-order valence-electron chi connectivity index (χ0n) is 16.0. The molecular weight excluding hydrogens is 357 g/mol. The number of hydrogen-bond donors (Lipinski definition) is 1. The van der Waals surface area contributed by atoms with E-state index in [0.717, 1.165) is 44.3 Å². The fourth-order valence-electron chi connectivity index (χ4n) is 4.37. The van der Waals surface area contributed by atoms with Crippen LogP contribution in [0.15, 0.2) is 42.6 Å². The van der Waals surface area contributed by atoms with Crippen LogP contribution in [0.4, 0.5) is 10.2 Å². The Hall–Kier alpha value is -2.47. The highest BCUT2D eigenvalue weighted by Gasteiger charge is 2.36. The number of morpholine rings is 1. The molecule has 1 aliphatic heterocycles. The van der Waals surface area contributed by atoms with Crippen LogP contribution >= 0.6 is 0 Å². The standard InChI is InChI=1S/C22H26FN3O2/c23-18-7-5-17(6-8-18)22(9-1-2-10-22)16-25-21(27)19-4-3-11-24-20(19)26-12-14-28-15-13-26/h3-8,11H,1-2,9-10,12-16H2,(H,25,27). The fourth-order valence-corrected chi connectivity index (χ4v) is 4.37. The average Bonchev–Trinajstić information content (AvgIpc) is 3.23. The van der Waals surface area contributed by atoms with E-state index in [4.69, 9.17) is 4.74 Å². The van der Waals surface area contributed by atoms with Gasteiger partial charge in [0.1, 0.15) is 11.6 Å². The number of nitrogens with zero attached hydrogens (tertiary/aromatic N) is 2. The van der Waals surface area contributed by atoms with Gasteiger partial charge in [0.2, 0.25) is 0 Å². The van der Waals surface area contributed by atoms with Crippen LogP contribution in [0, 0.1) is 5.82 Å². The first kappa shape index (κ1) is 18.9. The van der Waals surface area contributed by atoms with Crippen molar-refractivity contribution in [1.29, 1.82) is 0 Å². The number of halogens is 1. The molecule has 4 rings (SSSR count). The fraction of sp³-hybridized carbons (Fsp3) is 0.455. The van der Waals surface area contributed by atoms with Crippen molar-refractivity contribution in [3.63, 3.8) is 0 Å². The maximum atomic E-state index is 13.4. The van der Waals surface area contributed by atoms with E-state index in [2.05, 4.69) is 15.2 Å². The number of amides is 1. The molecule has 1 aromatic heterocycles. The molecule has 1 aliphatic carbocycles. The Balaban J connectivity index is 1.51. The summed E-state index contributed by atoms with van der Waals surface area (Å²) >= 11 is 0. The van der Waals surface area contributed by atoms with Crippen molar-refractivity contribution < 1.29 is 13.9 Å². The highest BCUT2D eigenvalue weighted by Crippen LogP contribution is 2.40. The molecule has 2 aliphatic rings. The van der Waals surface area contributed by atoms with Gasteiger partial charge < -0.3 is 15.0 Å². The molecule has 0 spiro atoms. The molecule has 28 heavy (non-hydrogen) atoms. The van der Waals surface area contributed by atoms with E-state index < -0.39 is 0 Å². The van der Waals surface area contributed by atoms with Crippen LogP contribution in [-0.4, -0.2) is 43.7 Å². The van der Waals surface area contributed by atoms with Crippen LogP contribution in [0.5, 0.6) is 0 Å². The van der Waals surface area contributed by atoms with Gasteiger partial charge in [-0.25, -0.2) is 9.37 Å². The van der Waals surface area contributed by atoms with Crippen molar-refractivity contribution in [1.82, 2.24) is 10.3 Å². The quantitative estimate of drug-likeness (QED) is 0.861. The first-order valence-corrected chi connectivity index (χ1v) is 10.00. The molecule has 0 radical (unpaired) electrons. The summed E-state index contributed by atoms with van der Waals surface area (Å²) in [7, 11) is 0. The molecule has 0 unspecified atom stereocenters. The Morgan fingerprint density at radius 2 is 1.86 bits per heavy atom. The van der Waals surface area contributed by atoms with Crippen molar-refractivity contribution in [2.75, 3.05) is 37.7 Å². The normalized spacial score (nSPS) is 18.8. The van der Waals surface area contributed by atoms with Gasteiger partial charge in [-0.15, -0.1) is 0 Å². The van der Waals surface area contributed by atoms with E-state index >= 15 is 0 Å². The lowest BCUT2D eigenvalue weighted by Gasteiger charge is -2.31. The Kier molecular flexibility index (Phi) is 5.57. The zero-order chi connectivity index (χ0) is 19.4. The van der Waals surface area contributed by atoms with Gasteiger partial charge in [-0.1, -0.05) is 25.0 Å². The highest BCUT2D eigenvalue weighted by atomic mass is 19.1. The van der Waals surface area contributed by atoms with Crippen molar-refractivity contribution in [3.8, 4) is 0 Å². The second kappa shape index (κ2) is 8.27. The number of hydrogen-bond acceptors (Lipinski definition) is 4. The monoisotopic (exact) mass is 383 g/mol. The predicted molar refractivity (Wildman–Crippen MR) is 106 cm³/mol. The molecule has 2 heterocycles. The Labute approximate surface area is 164 Å². The van der Waals surface area contributed by atoms with Crippen molar-refractivity contribution in [3.05, 3.63) is 59.5 Å². The van der Waals surface area contributed by atoms with E-state index in [1.807, 2.05) is 18.2 Å². The summed E-state index contributed by atoms with van der Waals surface area (Å²) in [6.07, 6.45) is 5.97. The Morgan fingerprint density at radius 3 is 2.57 bits per heavy atom. The minimum absolute atomic E-state index is 0.108. The van der Waals surface area contributed by atoms with Crippen molar-refractivity contribution in [2.45, 2.75) is 31.1 Å². The first-order valence-electron chi connectivity index (χ1n) is 10.00. The summed E-state index contributed by atoms with van der Waals surface area (Å²) in [5.74, 6) is 0.375. The second-order valence-electron chi connectivity index (χ2n) is 7.65. The summed E-state index contributed by atoms with van der Waals surface area (Å²) in [6.45, 7) is 3.30. The minimum atomic E-state index is -0.230. The number of ether oxygens (including phenoxy) is 1. The average molecular weight is 383 g/mol. The largest absolute Gasteiger partial charge is 0.378 e. The van der Waals surface area contributed by atoms with E-state index in [0.29, 0.717) is 31.1 Å². The van der Waals surface area contributed by atoms with Crippen molar-refractivity contribution >= 4 is 11.7 Å². The number of carbonyl (C=O) groups is 1. The van der Waals surface area contributed by atoms with E-state index in [1.165, 1.54) is 12.1 Å². The van der Waals surface area contributed by atoms with E-state index in [9.17, 15) is 9.18 Å². The van der Waals surface area contributed by atoms with Gasteiger partial charge in [0.05, 0.1) is 18.8 Å². The molecule has 1 saturated heterocycles. The number of anilines is 1. The summed E-state index contributed by atoms with van der Waals surface area (Å²) in [5, 5.41) is 3.14. The van der Waals surface area contributed by atoms with Gasteiger partial charge in [-0.05, 0) is 42.7 Å². The molecule has 5 nitrogen and oxygen atoms in total. The number of pyridine rings is 1. The number of nitrogens with one attached hydrogen (secondary N) is 1. The topological polar surface area (TPSA) is 54.5 Å². The van der Waals surface area contributed by atoms with Crippen molar-refractivity contribution in [2.24, 2.45) is 0 Å². The predicted octanol–water partition coefficient (Wildman–Crippen LogP) is 3.30. The number of benzene rings is 1. The molecule has 2 fully saturated rings. The van der Waals surface area contributed by atoms with Gasteiger partial charge in [0.25, 0.3) is 5.91 Å². The van der Waals surface area contributed by atoms with Gasteiger partial charge in [0.15, 0.2) is 0 Å². The number of aromatic nitrogens is 1. The van der Waals surface area contributed by atoms with Crippen LogP contribution < -0.4 is 10.2 Å². The molecule has 1 aromatic carbocycles. The molecule has 1 saturated carbocycles. The molecular formula is C22H26FN3O2. The molecule has 6 heteroatoms. The Morgan fingerprint density at radius 1 is 1.14 bits per heavy atom. The lowest BCUT2D eigenvalue weighted by molar-refractivity contribution is 0.0941. The smallest absolute Gasteiger partial charge is 0.255 e. The third-order valence-electron chi connectivity index (χ3n) is 5.95. The molecule has 1 amide bonds. The Bertz CT molecular complexity index is 813. The third-order valence-corrected chi connectivity index (χ3v) is 5.95. The van der Waals surface area contributed by atoms with E-state index in [1.54, 1.807) is 12.3 Å². The van der Waals surface area contributed by atoms with Gasteiger partial charge in [0, 0.05) is 31.2 Å². The molecule has 2 aromatic rings. The van der Waals surface area contributed by atoms with Crippen LogP contribution in [0.25, 0.3) is 0 Å². The van der Waals surface area contributed by atoms with Gasteiger partial charge >= 0.3 is 0 Å². The molecule has 0 bridgehead atoms. The molecule has 0 atom stereocenters. The van der Waals surface area contributed by atoms with Crippen LogP contribution in [-0.2, 0) is 10.2 Å². The van der Waals surface area contributed by atoms with Gasteiger partial charge in [-0.2, -0.15) is 0 Å². The maximum absolute atomic E-state index is 13.4. The van der Waals surface area contributed by atoms with Crippen LogP contribution in [0.1, 0.15) is 41.6 Å².